The van der Waals surface area contributed by atoms with Crippen LogP contribution in [0.25, 0.3) is 11.1 Å². The standard InChI is InChI=1S/C25H46O5.C12H10/c1-3-5-6-7-8-9-10-11-12-13-14-15-16-17-18-20-24(27)29-22-23(21-26)30-25(28)19-4-2;1-3-7-11(8-4-1)12-9-5-2-6-10-12/h11-12,23,26H,3-10,13-22H2,1-2H3;1-10H/b12-11-;. The number of hydrogen-bond donors (Lipinski definition) is 1. The maximum atomic E-state index is 11.8. The van der Waals surface area contributed by atoms with Crippen molar-refractivity contribution in [2.75, 3.05) is 13.2 Å². The van der Waals surface area contributed by atoms with Gasteiger partial charge in [0.25, 0.3) is 0 Å². The molecule has 0 saturated heterocycles. The molecule has 0 saturated carbocycles. The molecule has 5 nitrogen and oxygen atoms in total. The van der Waals surface area contributed by atoms with Crippen LogP contribution in [-0.4, -0.2) is 36.4 Å². The van der Waals surface area contributed by atoms with Crippen LogP contribution in [0.1, 0.15) is 117 Å². The third-order valence-corrected chi connectivity index (χ3v) is 6.91. The highest BCUT2D eigenvalue weighted by molar-refractivity contribution is 5.70. The van der Waals surface area contributed by atoms with Gasteiger partial charge in [-0.1, -0.05) is 138 Å². The van der Waals surface area contributed by atoms with Crippen LogP contribution in [0.15, 0.2) is 72.8 Å². The number of benzene rings is 2. The highest BCUT2D eigenvalue weighted by Gasteiger charge is 2.15. The molecule has 42 heavy (non-hydrogen) atoms. The number of hydrogen-bond acceptors (Lipinski definition) is 5. The molecule has 2 rings (SSSR count). The van der Waals surface area contributed by atoms with Crippen LogP contribution in [0.2, 0.25) is 0 Å². The van der Waals surface area contributed by atoms with Gasteiger partial charge in [0.05, 0.1) is 6.61 Å². The lowest BCUT2D eigenvalue weighted by atomic mass is 10.1. The van der Waals surface area contributed by atoms with Crippen LogP contribution < -0.4 is 0 Å². The van der Waals surface area contributed by atoms with Crippen molar-refractivity contribution in [3.05, 3.63) is 72.8 Å². The quantitative estimate of drug-likeness (QED) is 0.0853. The summed E-state index contributed by atoms with van der Waals surface area (Å²) in [6.07, 6.45) is 21.1. The highest BCUT2D eigenvalue weighted by Crippen LogP contribution is 2.17. The number of esters is 2. The summed E-state index contributed by atoms with van der Waals surface area (Å²) in [6, 6.07) is 20.8. The fraction of sp³-hybridized carbons (Fsp3) is 0.568. The number of aliphatic hydroxyl groups excluding tert-OH is 1. The molecule has 0 aliphatic carbocycles. The molecular formula is C37H56O5. The van der Waals surface area contributed by atoms with E-state index in [0.717, 1.165) is 25.7 Å². The maximum Gasteiger partial charge on any atom is 0.306 e. The third kappa shape index (κ3) is 20.9. The number of rotatable bonds is 22. The van der Waals surface area contributed by atoms with Crippen molar-refractivity contribution in [3.63, 3.8) is 0 Å². The Balaban J connectivity index is 0.000000598. The molecule has 5 heteroatoms. The van der Waals surface area contributed by atoms with Crippen molar-refractivity contribution < 1.29 is 24.2 Å². The Morgan fingerprint density at radius 2 is 1.14 bits per heavy atom. The highest BCUT2D eigenvalue weighted by atomic mass is 16.6. The first kappa shape index (κ1) is 37.1. The van der Waals surface area contributed by atoms with Gasteiger partial charge in [0.2, 0.25) is 0 Å². The van der Waals surface area contributed by atoms with Crippen molar-refractivity contribution in [2.45, 2.75) is 123 Å². The molecule has 0 fully saturated rings. The first-order valence-electron chi connectivity index (χ1n) is 16.3. The zero-order valence-electron chi connectivity index (χ0n) is 26.3. The normalized spacial score (nSPS) is 11.5. The summed E-state index contributed by atoms with van der Waals surface area (Å²) in [5.41, 5.74) is 2.55. The molecule has 0 aliphatic heterocycles. The molecule has 0 spiro atoms. The van der Waals surface area contributed by atoms with Crippen LogP contribution in [-0.2, 0) is 19.1 Å². The number of carbonyl (C=O) groups is 2. The molecule has 1 atom stereocenters. The summed E-state index contributed by atoms with van der Waals surface area (Å²) < 4.78 is 10.2. The van der Waals surface area contributed by atoms with Gasteiger partial charge in [0, 0.05) is 12.8 Å². The molecule has 2 aromatic rings. The van der Waals surface area contributed by atoms with Gasteiger partial charge in [-0.15, -0.1) is 0 Å². The monoisotopic (exact) mass is 580 g/mol. The molecule has 0 bridgehead atoms. The number of allylic oxidation sites excluding steroid dienone is 2. The summed E-state index contributed by atoms with van der Waals surface area (Å²) in [4.78, 5) is 23.2. The van der Waals surface area contributed by atoms with Crippen LogP contribution >= 0.6 is 0 Å². The van der Waals surface area contributed by atoms with Crippen molar-refractivity contribution in [1.82, 2.24) is 0 Å². The molecule has 1 N–H and O–H groups in total. The van der Waals surface area contributed by atoms with Crippen molar-refractivity contribution in [2.24, 2.45) is 0 Å². The van der Waals surface area contributed by atoms with Gasteiger partial charge in [-0.25, -0.2) is 0 Å². The van der Waals surface area contributed by atoms with Crippen LogP contribution in [0, 0.1) is 0 Å². The van der Waals surface area contributed by atoms with Crippen LogP contribution in [0.4, 0.5) is 0 Å². The van der Waals surface area contributed by atoms with Gasteiger partial charge in [-0.3, -0.25) is 9.59 Å². The zero-order chi connectivity index (χ0) is 30.5. The van der Waals surface area contributed by atoms with Crippen molar-refractivity contribution in [3.8, 4) is 11.1 Å². The van der Waals surface area contributed by atoms with Gasteiger partial charge < -0.3 is 14.6 Å². The summed E-state index contributed by atoms with van der Waals surface area (Å²) >= 11 is 0. The Morgan fingerprint density at radius 3 is 1.64 bits per heavy atom. The average Bonchev–Trinajstić information content (AvgIpc) is 3.02. The summed E-state index contributed by atoms with van der Waals surface area (Å²) in [5, 5.41) is 9.20. The van der Waals surface area contributed by atoms with Crippen molar-refractivity contribution >= 4 is 11.9 Å². The first-order chi connectivity index (χ1) is 20.6. The van der Waals surface area contributed by atoms with E-state index < -0.39 is 6.10 Å². The van der Waals surface area contributed by atoms with E-state index in [1.165, 1.54) is 68.9 Å². The number of unbranched alkanes of at least 4 members (excludes halogenated alkanes) is 11. The summed E-state index contributed by atoms with van der Waals surface area (Å²) in [5.74, 6) is -0.664. The maximum absolute atomic E-state index is 11.8. The predicted molar refractivity (Wildman–Crippen MR) is 174 cm³/mol. The minimum Gasteiger partial charge on any atom is -0.462 e. The first-order valence-corrected chi connectivity index (χ1v) is 16.3. The van der Waals surface area contributed by atoms with Gasteiger partial charge in [0.1, 0.15) is 6.61 Å². The molecule has 0 aromatic heterocycles. The lowest BCUT2D eigenvalue weighted by molar-refractivity contribution is -0.161. The Kier molecular flexibility index (Phi) is 23.8. The van der Waals surface area contributed by atoms with E-state index in [1.54, 1.807) is 0 Å². The minimum atomic E-state index is -0.762. The molecule has 1 unspecified atom stereocenters. The average molecular weight is 581 g/mol. The SMILES string of the molecule is CCCCCCCC/C=C\CCCCCCCC(=O)OCC(CO)OC(=O)CCC.c1ccc(-c2ccccc2)cc1. The number of carbonyl (C=O) groups excluding carboxylic acids is 2. The Labute approximate surface area is 255 Å². The van der Waals surface area contributed by atoms with Gasteiger partial charge in [-0.2, -0.15) is 0 Å². The second-order valence-corrected chi connectivity index (χ2v) is 10.8. The largest absolute Gasteiger partial charge is 0.462 e. The molecule has 2 aromatic carbocycles. The lowest BCUT2D eigenvalue weighted by Crippen LogP contribution is -2.28. The Hall–Kier alpha value is -2.92. The van der Waals surface area contributed by atoms with Gasteiger partial charge in [-0.05, 0) is 49.7 Å². The van der Waals surface area contributed by atoms with E-state index >= 15 is 0 Å². The van der Waals surface area contributed by atoms with E-state index in [-0.39, 0.29) is 25.2 Å². The molecule has 0 heterocycles. The van der Waals surface area contributed by atoms with E-state index in [9.17, 15) is 14.7 Å². The fourth-order valence-corrected chi connectivity index (χ4v) is 4.43. The lowest BCUT2D eigenvalue weighted by Gasteiger charge is -2.15. The van der Waals surface area contributed by atoms with Gasteiger partial charge in [0.15, 0.2) is 6.10 Å². The van der Waals surface area contributed by atoms with E-state index in [0.29, 0.717) is 19.3 Å². The van der Waals surface area contributed by atoms with Crippen LogP contribution in [0.5, 0.6) is 0 Å². The third-order valence-electron chi connectivity index (χ3n) is 6.91. The van der Waals surface area contributed by atoms with E-state index in [2.05, 4.69) is 67.6 Å². The Morgan fingerprint density at radius 1 is 0.643 bits per heavy atom. The fourth-order valence-electron chi connectivity index (χ4n) is 4.43. The summed E-state index contributed by atoms with van der Waals surface area (Å²) in [7, 11) is 0. The van der Waals surface area contributed by atoms with Gasteiger partial charge >= 0.3 is 11.9 Å². The predicted octanol–water partition coefficient (Wildman–Crippen LogP) is 9.62. The molecule has 0 aliphatic rings. The zero-order valence-corrected chi connectivity index (χ0v) is 26.3. The summed E-state index contributed by atoms with van der Waals surface area (Å²) in [6.45, 7) is 3.72. The minimum absolute atomic E-state index is 0.0735. The molecule has 234 valence electrons. The molecule has 0 radical (unpaired) electrons. The van der Waals surface area contributed by atoms with Crippen molar-refractivity contribution in [1.29, 1.82) is 0 Å². The number of ether oxygens (including phenoxy) is 2. The molecular weight excluding hydrogens is 524 g/mol. The Bertz CT molecular complexity index is 888. The second-order valence-electron chi connectivity index (χ2n) is 10.8. The number of aliphatic hydroxyl groups is 1. The van der Waals surface area contributed by atoms with E-state index in [4.69, 9.17) is 9.47 Å². The smallest absolute Gasteiger partial charge is 0.306 e. The topological polar surface area (TPSA) is 72.8 Å². The molecule has 0 amide bonds. The van der Waals surface area contributed by atoms with E-state index in [1.807, 2.05) is 19.1 Å². The van der Waals surface area contributed by atoms with Crippen LogP contribution in [0.3, 0.4) is 0 Å². The second kappa shape index (κ2) is 26.9.